The van der Waals surface area contributed by atoms with E-state index in [9.17, 15) is 14.0 Å². The Bertz CT molecular complexity index is 1340. The van der Waals surface area contributed by atoms with Crippen LogP contribution in [-0.2, 0) is 4.74 Å². The van der Waals surface area contributed by atoms with Crippen LogP contribution in [-0.4, -0.2) is 69.3 Å². The molecule has 2 aliphatic heterocycles. The monoisotopic (exact) mass is 546 g/mol. The number of rotatable bonds is 7. The van der Waals surface area contributed by atoms with Crippen LogP contribution in [0.1, 0.15) is 40.0 Å². The minimum Gasteiger partial charge on any atom is -0.490 e. The Morgan fingerprint density at radius 1 is 0.850 bits per heavy atom. The van der Waals surface area contributed by atoms with E-state index in [4.69, 9.17) is 9.47 Å². The third kappa shape index (κ3) is 7.37. The molecule has 9 heteroatoms. The zero-order valence-corrected chi connectivity index (χ0v) is 22.7. The van der Waals surface area contributed by atoms with Crippen molar-refractivity contribution in [3.05, 3.63) is 83.7 Å². The van der Waals surface area contributed by atoms with Crippen molar-refractivity contribution in [2.75, 3.05) is 62.0 Å². The Hall–Kier alpha value is -3.95. The number of morpholine rings is 1. The number of benzene rings is 3. The van der Waals surface area contributed by atoms with E-state index in [1.165, 1.54) is 12.1 Å². The van der Waals surface area contributed by atoms with Crippen LogP contribution in [0.4, 0.5) is 21.5 Å². The maximum Gasteiger partial charge on any atom is 0.255 e. The molecule has 0 aliphatic carbocycles. The number of anilines is 3. The highest BCUT2D eigenvalue weighted by Gasteiger charge is 2.18. The van der Waals surface area contributed by atoms with E-state index in [-0.39, 0.29) is 12.0 Å². The lowest BCUT2D eigenvalue weighted by Gasteiger charge is -2.29. The molecule has 210 valence electrons. The van der Waals surface area contributed by atoms with Gasteiger partial charge in [-0.3, -0.25) is 9.59 Å². The van der Waals surface area contributed by atoms with Crippen molar-refractivity contribution in [1.29, 1.82) is 0 Å². The predicted octanol–water partition coefficient (Wildman–Crippen LogP) is 5.03. The first kappa shape index (κ1) is 27.6. The number of hydrogen-bond acceptors (Lipinski definition) is 6. The molecule has 8 nitrogen and oxygen atoms in total. The summed E-state index contributed by atoms with van der Waals surface area (Å²) < 4.78 is 25.9. The molecule has 3 aromatic rings. The lowest BCUT2D eigenvalue weighted by Crippen LogP contribution is -2.36. The van der Waals surface area contributed by atoms with Crippen LogP contribution < -0.4 is 20.3 Å². The maximum absolute atomic E-state index is 14.3. The molecule has 0 spiro atoms. The highest BCUT2D eigenvalue weighted by Crippen LogP contribution is 2.24. The fourth-order valence-corrected chi connectivity index (χ4v) is 5.03. The van der Waals surface area contributed by atoms with Gasteiger partial charge in [-0.1, -0.05) is 12.1 Å². The van der Waals surface area contributed by atoms with E-state index in [0.29, 0.717) is 60.2 Å². The van der Waals surface area contributed by atoms with E-state index in [0.717, 1.165) is 32.4 Å². The molecule has 40 heavy (non-hydrogen) atoms. The van der Waals surface area contributed by atoms with Gasteiger partial charge in [0.05, 0.1) is 19.3 Å². The second kappa shape index (κ2) is 12.9. The van der Waals surface area contributed by atoms with Crippen LogP contribution in [0, 0.1) is 5.82 Å². The topological polar surface area (TPSA) is 83.1 Å². The zero-order valence-electron chi connectivity index (χ0n) is 22.7. The summed E-state index contributed by atoms with van der Waals surface area (Å²) >= 11 is 0. The highest BCUT2D eigenvalue weighted by molar-refractivity contribution is 6.07. The fourth-order valence-electron chi connectivity index (χ4n) is 5.03. The Morgan fingerprint density at radius 3 is 2.38 bits per heavy atom. The summed E-state index contributed by atoms with van der Waals surface area (Å²) in [5, 5.41) is 5.64. The molecule has 0 radical (unpaired) electrons. The second-order valence-corrected chi connectivity index (χ2v) is 10.3. The Labute approximate surface area is 234 Å². The van der Waals surface area contributed by atoms with Crippen molar-refractivity contribution < 1.29 is 23.5 Å². The number of ether oxygens (including phenoxy) is 2. The Kier molecular flexibility index (Phi) is 8.93. The van der Waals surface area contributed by atoms with Crippen molar-refractivity contribution in [2.45, 2.75) is 25.4 Å². The SMILES string of the molecule is CN1CCCC(Oc2cccc(C(=O)Nc3cccc(C(=O)Nc4cc(F)cc(N5CCOCC5)c4)c3)c2)CC1. The summed E-state index contributed by atoms with van der Waals surface area (Å²) in [6.07, 6.45) is 3.15. The molecule has 2 heterocycles. The van der Waals surface area contributed by atoms with Gasteiger partial charge in [0, 0.05) is 47.8 Å². The number of carbonyl (C=O) groups is 2. The number of carbonyl (C=O) groups excluding carboxylic acids is 2. The van der Waals surface area contributed by atoms with Crippen molar-refractivity contribution in [3.8, 4) is 5.75 Å². The first-order valence-corrected chi connectivity index (χ1v) is 13.7. The fraction of sp³-hybridized carbons (Fsp3) is 0.355. The minimum atomic E-state index is -0.433. The van der Waals surface area contributed by atoms with E-state index >= 15 is 0 Å². The molecule has 0 bridgehead atoms. The number of amides is 2. The maximum atomic E-state index is 14.3. The van der Waals surface area contributed by atoms with Gasteiger partial charge in [-0.15, -0.1) is 0 Å². The molecule has 1 unspecified atom stereocenters. The quantitative estimate of drug-likeness (QED) is 0.433. The van der Waals surface area contributed by atoms with E-state index < -0.39 is 11.7 Å². The second-order valence-electron chi connectivity index (χ2n) is 10.3. The van der Waals surface area contributed by atoms with Gasteiger partial charge in [0.2, 0.25) is 0 Å². The molecule has 3 aromatic carbocycles. The predicted molar refractivity (Wildman–Crippen MR) is 154 cm³/mol. The standard InChI is InChI=1S/C31H35FN4O4/c1-35-11-4-9-28(10-12-35)40-29-8-3-6-23(18-29)31(38)33-25-7-2-5-22(17-25)30(37)34-26-19-24(32)20-27(21-26)36-13-15-39-16-14-36/h2-3,5-8,17-21,28H,4,9-16H2,1H3,(H,33,38)(H,34,37). The van der Waals surface area contributed by atoms with Crippen molar-refractivity contribution in [2.24, 2.45) is 0 Å². The molecular weight excluding hydrogens is 511 g/mol. The van der Waals surface area contributed by atoms with Crippen molar-refractivity contribution in [3.63, 3.8) is 0 Å². The van der Waals surface area contributed by atoms with Gasteiger partial charge in [0.25, 0.3) is 11.8 Å². The first-order chi connectivity index (χ1) is 19.4. The van der Waals surface area contributed by atoms with E-state index in [1.54, 1.807) is 48.5 Å². The first-order valence-electron chi connectivity index (χ1n) is 13.7. The summed E-state index contributed by atoms with van der Waals surface area (Å²) in [5.41, 5.74) is 2.33. The van der Waals surface area contributed by atoms with Gasteiger partial charge in [0.1, 0.15) is 11.6 Å². The highest BCUT2D eigenvalue weighted by atomic mass is 19.1. The molecule has 2 saturated heterocycles. The summed E-state index contributed by atoms with van der Waals surface area (Å²) in [7, 11) is 2.12. The van der Waals surface area contributed by atoms with Gasteiger partial charge in [-0.25, -0.2) is 4.39 Å². The molecule has 2 N–H and O–H groups in total. The number of hydrogen-bond donors (Lipinski definition) is 2. The molecule has 2 fully saturated rings. The third-order valence-electron chi connectivity index (χ3n) is 7.20. The van der Waals surface area contributed by atoms with Gasteiger partial charge in [-0.05, 0) is 87.5 Å². The third-order valence-corrected chi connectivity index (χ3v) is 7.20. The summed E-state index contributed by atoms with van der Waals surface area (Å²) in [4.78, 5) is 30.4. The number of nitrogens with one attached hydrogen (secondary N) is 2. The van der Waals surface area contributed by atoms with Gasteiger partial charge >= 0.3 is 0 Å². The molecule has 0 aromatic heterocycles. The lowest BCUT2D eigenvalue weighted by atomic mass is 10.1. The Morgan fingerprint density at radius 2 is 1.57 bits per heavy atom. The minimum absolute atomic E-state index is 0.126. The van der Waals surface area contributed by atoms with Crippen LogP contribution in [0.2, 0.25) is 0 Å². The van der Waals surface area contributed by atoms with Crippen molar-refractivity contribution >= 4 is 28.9 Å². The molecule has 2 aliphatic rings. The van der Waals surface area contributed by atoms with E-state index in [1.807, 2.05) is 11.0 Å². The van der Waals surface area contributed by atoms with Crippen LogP contribution in [0.25, 0.3) is 0 Å². The van der Waals surface area contributed by atoms with Crippen LogP contribution in [0.15, 0.2) is 66.7 Å². The number of nitrogens with zero attached hydrogens (tertiary/aromatic N) is 2. The van der Waals surface area contributed by atoms with Crippen molar-refractivity contribution in [1.82, 2.24) is 4.90 Å². The molecule has 2 amide bonds. The summed E-state index contributed by atoms with van der Waals surface area (Å²) in [5.74, 6) is -0.470. The number of likely N-dealkylation sites (tertiary alicyclic amines) is 1. The average molecular weight is 547 g/mol. The van der Waals surface area contributed by atoms with Crippen LogP contribution in [0.5, 0.6) is 5.75 Å². The molecule has 5 rings (SSSR count). The lowest BCUT2D eigenvalue weighted by molar-refractivity contribution is 0.101. The molecule has 0 saturated carbocycles. The zero-order chi connectivity index (χ0) is 27.9. The van der Waals surface area contributed by atoms with Gasteiger partial charge < -0.3 is 29.9 Å². The number of halogens is 1. The molecule has 1 atom stereocenters. The normalized spacial score (nSPS) is 18.1. The summed E-state index contributed by atoms with van der Waals surface area (Å²) in [6.45, 7) is 4.52. The van der Waals surface area contributed by atoms with Gasteiger partial charge in [-0.2, -0.15) is 0 Å². The van der Waals surface area contributed by atoms with Gasteiger partial charge in [0.15, 0.2) is 0 Å². The van der Waals surface area contributed by atoms with Crippen LogP contribution in [0.3, 0.4) is 0 Å². The van der Waals surface area contributed by atoms with Crippen LogP contribution >= 0.6 is 0 Å². The Balaban J connectivity index is 1.22. The molecular formula is C31H35FN4O4. The van der Waals surface area contributed by atoms with E-state index in [2.05, 4.69) is 22.6 Å². The largest absolute Gasteiger partial charge is 0.490 e. The smallest absolute Gasteiger partial charge is 0.255 e. The average Bonchev–Trinajstić information content (AvgIpc) is 3.17. The summed E-state index contributed by atoms with van der Waals surface area (Å²) in [6, 6.07) is 18.3.